The molecule has 1 saturated carbocycles. The number of carbonyl (C=O) groups is 2. The van der Waals surface area contributed by atoms with Crippen LogP contribution in [0.25, 0.3) is 11.0 Å². The van der Waals surface area contributed by atoms with Crippen molar-refractivity contribution in [1.29, 1.82) is 0 Å². The minimum Gasteiger partial charge on any atom is -0.497 e. The second kappa shape index (κ2) is 10.8. The summed E-state index contributed by atoms with van der Waals surface area (Å²) in [5.41, 5.74) is 1.84. The van der Waals surface area contributed by atoms with Crippen molar-refractivity contribution < 1.29 is 18.7 Å². The van der Waals surface area contributed by atoms with Gasteiger partial charge in [-0.25, -0.2) is 9.07 Å². The van der Waals surface area contributed by atoms with Crippen molar-refractivity contribution in [3.8, 4) is 5.75 Å². The maximum absolute atomic E-state index is 15.2. The zero-order valence-corrected chi connectivity index (χ0v) is 20.5. The number of rotatable bonds is 8. The smallest absolute Gasteiger partial charge is 0.249 e. The molecule has 1 heterocycles. The lowest BCUT2D eigenvalue weighted by Crippen LogP contribution is -2.47. The second-order valence-corrected chi connectivity index (χ2v) is 9.12. The first-order chi connectivity index (χ1) is 18.0. The highest BCUT2D eigenvalue weighted by Crippen LogP contribution is 2.33. The van der Waals surface area contributed by atoms with Crippen molar-refractivity contribution in [1.82, 2.24) is 20.3 Å². The molecule has 2 amide bonds. The molecule has 8 nitrogen and oxygen atoms in total. The number of benzene rings is 3. The number of aromatic nitrogens is 3. The first kappa shape index (κ1) is 24.4. The fourth-order valence-electron chi connectivity index (χ4n) is 4.88. The summed E-state index contributed by atoms with van der Waals surface area (Å²) in [6, 6.07) is 18.9. The van der Waals surface area contributed by atoms with Crippen molar-refractivity contribution in [3.05, 3.63) is 84.2 Å². The molecule has 0 bridgehead atoms. The molecule has 190 valence electrons. The van der Waals surface area contributed by atoms with E-state index in [0.29, 0.717) is 22.5 Å². The van der Waals surface area contributed by atoms with E-state index in [9.17, 15) is 9.59 Å². The number of amides is 2. The van der Waals surface area contributed by atoms with Crippen molar-refractivity contribution in [2.75, 3.05) is 12.0 Å². The number of hydrogen-bond acceptors (Lipinski definition) is 5. The Morgan fingerprint density at radius 3 is 2.62 bits per heavy atom. The van der Waals surface area contributed by atoms with E-state index in [0.717, 1.165) is 25.7 Å². The molecule has 9 heteroatoms. The molecule has 1 aromatic heterocycles. The molecular formula is C28H28FN5O3. The van der Waals surface area contributed by atoms with Crippen molar-refractivity contribution in [2.24, 2.45) is 0 Å². The van der Waals surface area contributed by atoms with Crippen LogP contribution >= 0.6 is 0 Å². The van der Waals surface area contributed by atoms with Gasteiger partial charge in [-0.1, -0.05) is 54.5 Å². The minimum atomic E-state index is -1.24. The van der Waals surface area contributed by atoms with Crippen LogP contribution in [0.4, 0.5) is 10.1 Å². The van der Waals surface area contributed by atoms with Crippen molar-refractivity contribution in [2.45, 2.75) is 44.3 Å². The molecular weight excluding hydrogens is 473 g/mol. The van der Waals surface area contributed by atoms with E-state index in [1.807, 2.05) is 18.2 Å². The predicted molar refractivity (Wildman–Crippen MR) is 138 cm³/mol. The van der Waals surface area contributed by atoms with Crippen LogP contribution in [0.1, 0.15) is 37.3 Å². The monoisotopic (exact) mass is 501 g/mol. The van der Waals surface area contributed by atoms with Crippen LogP contribution in [0.5, 0.6) is 5.75 Å². The Balaban J connectivity index is 1.60. The van der Waals surface area contributed by atoms with E-state index >= 15 is 4.39 Å². The van der Waals surface area contributed by atoms with Gasteiger partial charge in [0.2, 0.25) is 11.8 Å². The molecule has 0 radical (unpaired) electrons. The molecule has 0 aliphatic heterocycles. The highest BCUT2D eigenvalue weighted by atomic mass is 19.1. The third-order valence-electron chi connectivity index (χ3n) is 6.71. The molecule has 1 N–H and O–H groups in total. The van der Waals surface area contributed by atoms with Gasteiger partial charge >= 0.3 is 0 Å². The Morgan fingerprint density at radius 1 is 1.08 bits per heavy atom. The lowest BCUT2D eigenvalue weighted by molar-refractivity contribution is -0.127. The van der Waals surface area contributed by atoms with Gasteiger partial charge in [-0.2, -0.15) is 0 Å². The molecule has 1 atom stereocenters. The SMILES string of the molecule is COc1cccc(N(C(=O)Cn2nnc3ccccc32)C(C(=O)NC2CCCC2)c2ccccc2F)c1. The normalized spacial score (nSPS) is 14.4. The van der Waals surface area contributed by atoms with Crippen LogP contribution in [-0.4, -0.2) is 40.0 Å². The van der Waals surface area contributed by atoms with E-state index in [1.54, 1.807) is 48.5 Å². The number of halogens is 1. The van der Waals surface area contributed by atoms with Gasteiger partial charge in [0.1, 0.15) is 29.7 Å². The molecule has 1 unspecified atom stereocenters. The second-order valence-electron chi connectivity index (χ2n) is 9.12. The number of carbonyl (C=O) groups excluding carboxylic acids is 2. The van der Waals surface area contributed by atoms with E-state index < -0.39 is 23.7 Å². The Labute approximate surface area is 214 Å². The van der Waals surface area contributed by atoms with Crippen LogP contribution in [-0.2, 0) is 16.1 Å². The quantitative estimate of drug-likeness (QED) is 0.386. The zero-order chi connectivity index (χ0) is 25.8. The third kappa shape index (κ3) is 5.16. The maximum atomic E-state index is 15.2. The van der Waals surface area contributed by atoms with E-state index in [4.69, 9.17) is 4.74 Å². The molecule has 0 spiro atoms. The van der Waals surface area contributed by atoms with Gasteiger partial charge < -0.3 is 10.1 Å². The number of nitrogens with zero attached hydrogens (tertiary/aromatic N) is 4. The van der Waals surface area contributed by atoms with Crippen LogP contribution in [0.3, 0.4) is 0 Å². The van der Waals surface area contributed by atoms with Crippen LogP contribution < -0.4 is 15.0 Å². The van der Waals surface area contributed by atoms with Gasteiger partial charge in [0.25, 0.3) is 0 Å². The van der Waals surface area contributed by atoms with Gasteiger partial charge in [0, 0.05) is 23.4 Å². The van der Waals surface area contributed by atoms with Crippen molar-refractivity contribution in [3.63, 3.8) is 0 Å². The highest BCUT2D eigenvalue weighted by molar-refractivity contribution is 6.01. The van der Waals surface area contributed by atoms with Crippen LogP contribution in [0, 0.1) is 5.82 Å². The van der Waals surface area contributed by atoms with Gasteiger partial charge in [0.05, 0.1) is 12.6 Å². The molecule has 5 rings (SSSR count). The average molecular weight is 502 g/mol. The third-order valence-corrected chi connectivity index (χ3v) is 6.71. The highest BCUT2D eigenvalue weighted by Gasteiger charge is 2.36. The summed E-state index contributed by atoms with van der Waals surface area (Å²) in [4.78, 5) is 29.2. The molecule has 1 aliphatic carbocycles. The average Bonchev–Trinajstić information content (AvgIpc) is 3.58. The summed E-state index contributed by atoms with van der Waals surface area (Å²) < 4.78 is 22.1. The van der Waals surface area contributed by atoms with Crippen LogP contribution in [0.15, 0.2) is 72.8 Å². The molecule has 37 heavy (non-hydrogen) atoms. The predicted octanol–water partition coefficient (Wildman–Crippen LogP) is 4.41. The van der Waals surface area contributed by atoms with E-state index in [1.165, 1.54) is 22.8 Å². The number of fused-ring (bicyclic) bond motifs is 1. The largest absolute Gasteiger partial charge is 0.497 e. The standard InChI is InChI=1S/C28H28FN5O3/c1-37-21-12-8-11-20(17-21)34(26(35)18-33-25-16-7-6-15-24(25)31-32-33)27(22-13-4-5-14-23(22)29)28(36)30-19-9-2-3-10-19/h4-8,11-17,19,27H,2-3,9-10,18H2,1H3,(H,30,36). The molecule has 0 saturated heterocycles. The topological polar surface area (TPSA) is 89.3 Å². The summed E-state index contributed by atoms with van der Waals surface area (Å²) in [5.74, 6) is -0.943. The Bertz CT molecular complexity index is 1420. The number of anilines is 1. The summed E-state index contributed by atoms with van der Waals surface area (Å²) in [7, 11) is 1.52. The lowest BCUT2D eigenvalue weighted by atomic mass is 10.0. The van der Waals surface area contributed by atoms with Crippen LogP contribution in [0.2, 0.25) is 0 Å². The Morgan fingerprint density at radius 2 is 1.84 bits per heavy atom. The van der Waals surface area contributed by atoms with Gasteiger partial charge in [-0.3, -0.25) is 14.5 Å². The summed E-state index contributed by atoms with van der Waals surface area (Å²) in [6.07, 6.45) is 3.75. The first-order valence-electron chi connectivity index (χ1n) is 12.3. The molecule has 4 aromatic rings. The zero-order valence-electron chi connectivity index (χ0n) is 20.5. The van der Waals surface area contributed by atoms with Crippen molar-refractivity contribution >= 4 is 28.5 Å². The first-order valence-corrected chi connectivity index (χ1v) is 12.3. The Kier molecular flexibility index (Phi) is 7.11. The summed E-state index contributed by atoms with van der Waals surface area (Å²) in [5, 5.41) is 11.3. The summed E-state index contributed by atoms with van der Waals surface area (Å²) >= 11 is 0. The fourth-order valence-corrected chi connectivity index (χ4v) is 4.88. The molecule has 3 aromatic carbocycles. The molecule has 1 aliphatic rings. The number of para-hydroxylation sites is 1. The number of hydrogen-bond donors (Lipinski definition) is 1. The fraction of sp³-hybridized carbons (Fsp3) is 0.286. The summed E-state index contributed by atoms with van der Waals surface area (Å²) in [6.45, 7) is -0.195. The minimum absolute atomic E-state index is 0.0108. The molecule has 1 fully saturated rings. The number of nitrogens with one attached hydrogen (secondary N) is 1. The van der Waals surface area contributed by atoms with E-state index in [2.05, 4.69) is 15.6 Å². The Hall–Kier alpha value is -4.27. The maximum Gasteiger partial charge on any atom is 0.249 e. The van der Waals surface area contributed by atoms with Gasteiger partial charge in [0.15, 0.2) is 0 Å². The van der Waals surface area contributed by atoms with E-state index in [-0.39, 0.29) is 18.2 Å². The number of ether oxygens (including phenoxy) is 1. The van der Waals surface area contributed by atoms with Gasteiger partial charge in [-0.15, -0.1) is 5.10 Å². The van der Waals surface area contributed by atoms with Gasteiger partial charge in [-0.05, 0) is 43.2 Å². The number of methoxy groups -OCH3 is 1. The lowest BCUT2D eigenvalue weighted by Gasteiger charge is -2.32.